The highest BCUT2D eigenvalue weighted by molar-refractivity contribution is 9.10. The van der Waals surface area contributed by atoms with Gasteiger partial charge in [-0.05, 0) is 43.3 Å². The van der Waals surface area contributed by atoms with Crippen molar-refractivity contribution in [2.75, 3.05) is 0 Å². The molecule has 0 radical (unpaired) electrons. The van der Waals surface area contributed by atoms with E-state index in [4.69, 9.17) is 10.5 Å². The van der Waals surface area contributed by atoms with Crippen LogP contribution in [0.4, 0.5) is 4.39 Å². The van der Waals surface area contributed by atoms with E-state index in [1.165, 1.54) is 6.07 Å². The molecular formula is C14H12Br2FNO. The van der Waals surface area contributed by atoms with Gasteiger partial charge in [0.2, 0.25) is 0 Å². The van der Waals surface area contributed by atoms with E-state index >= 15 is 0 Å². The Bertz CT molecular complexity index is 602. The van der Waals surface area contributed by atoms with Gasteiger partial charge in [-0.1, -0.05) is 31.9 Å². The zero-order chi connectivity index (χ0) is 14.0. The number of benzene rings is 2. The highest BCUT2D eigenvalue weighted by atomic mass is 79.9. The van der Waals surface area contributed by atoms with Crippen molar-refractivity contribution in [3.8, 4) is 11.5 Å². The lowest BCUT2D eigenvalue weighted by Crippen LogP contribution is -2.07. The van der Waals surface area contributed by atoms with E-state index < -0.39 is 5.82 Å². The lowest BCUT2D eigenvalue weighted by Gasteiger charge is -2.14. The first kappa shape index (κ1) is 14.5. The summed E-state index contributed by atoms with van der Waals surface area (Å²) in [6.45, 7) is 1.85. The van der Waals surface area contributed by atoms with Crippen LogP contribution in [0.3, 0.4) is 0 Å². The summed E-state index contributed by atoms with van der Waals surface area (Å²) in [5, 5.41) is 0. The van der Waals surface area contributed by atoms with Gasteiger partial charge < -0.3 is 10.5 Å². The van der Waals surface area contributed by atoms with E-state index in [1.54, 1.807) is 18.2 Å². The number of hydrogen-bond acceptors (Lipinski definition) is 2. The van der Waals surface area contributed by atoms with E-state index in [2.05, 4.69) is 31.9 Å². The molecule has 0 aliphatic heterocycles. The molecule has 0 saturated heterocycles. The van der Waals surface area contributed by atoms with Crippen molar-refractivity contribution in [2.24, 2.45) is 5.73 Å². The molecule has 2 rings (SSSR count). The molecule has 2 aromatic rings. The molecule has 0 aliphatic carbocycles. The van der Waals surface area contributed by atoms with Crippen molar-refractivity contribution in [2.45, 2.75) is 13.0 Å². The molecule has 0 heterocycles. The predicted octanol–water partition coefficient (Wildman–Crippen LogP) is 5.16. The lowest BCUT2D eigenvalue weighted by molar-refractivity contribution is 0.434. The Morgan fingerprint density at radius 3 is 2.37 bits per heavy atom. The fourth-order valence-electron chi connectivity index (χ4n) is 1.64. The molecule has 1 unspecified atom stereocenters. The number of rotatable bonds is 3. The maximum absolute atomic E-state index is 13.7. The number of hydrogen-bond donors (Lipinski definition) is 1. The van der Waals surface area contributed by atoms with Crippen molar-refractivity contribution in [3.05, 3.63) is 56.7 Å². The maximum atomic E-state index is 13.7. The predicted molar refractivity (Wildman–Crippen MR) is 80.9 cm³/mol. The minimum Gasteiger partial charge on any atom is -0.454 e. The van der Waals surface area contributed by atoms with Gasteiger partial charge in [0.15, 0.2) is 11.6 Å². The zero-order valence-electron chi connectivity index (χ0n) is 10.2. The van der Waals surface area contributed by atoms with Crippen molar-refractivity contribution in [1.82, 2.24) is 0 Å². The topological polar surface area (TPSA) is 35.2 Å². The molecular weight excluding hydrogens is 377 g/mol. The third-order valence-electron chi connectivity index (χ3n) is 2.58. The Morgan fingerprint density at radius 2 is 1.68 bits per heavy atom. The van der Waals surface area contributed by atoms with Crippen molar-refractivity contribution in [3.63, 3.8) is 0 Å². The van der Waals surface area contributed by atoms with Gasteiger partial charge in [-0.3, -0.25) is 0 Å². The van der Waals surface area contributed by atoms with Crippen molar-refractivity contribution >= 4 is 31.9 Å². The number of nitrogens with two attached hydrogens (primary N) is 1. The highest BCUT2D eigenvalue weighted by Crippen LogP contribution is 2.33. The second-order valence-electron chi connectivity index (χ2n) is 4.15. The molecule has 0 saturated carbocycles. The minimum atomic E-state index is -0.415. The summed E-state index contributed by atoms with van der Waals surface area (Å²) in [6.07, 6.45) is 0. The van der Waals surface area contributed by atoms with Gasteiger partial charge in [-0.25, -0.2) is 4.39 Å². The van der Waals surface area contributed by atoms with E-state index in [0.717, 1.165) is 14.5 Å². The van der Waals surface area contributed by atoms with Gasteiger partial charge in [0, 0.05) is 20.6 Å². The summed E-state index contributed by atoms with van der Waals surface area (Å²) < 4.78 is 21.0. The second kappa shape index (κ2) is 6.03. The average molecular weight is 389 g/mol. The van der Waals surface area contributed by atoms with Gasteiger partial charge >= 0.3 is 0 Å². The Hall–Kier alpha value is -0.910. The van der Waals surface area contributed by atoms with Gasteiger partial charge in [0.05, 0.1) is 0 Å². The third-order valence-corrected chi connectivity index (χ3v) is 3.56. The van der Waals surface area contributed by atoms with E-state index in [0.29, 0.717) is 5.75 Å². The summed E-state index contributed by atoms with van der Waals surface area (Å²) in [5.74, 6) is 0.301. The largest absolute Gasteiger partial charge is 0.454 e. The Morgan fingerprint density at radius 1 is 1.05 bits per heavy atom. The first-order chi connectivity index (χ1) is 8.97. The number of ether oxygens (including phenoxy) is 1. The highest BCUT2D eigenvalue weighted by Gasteiger charge is 2.12. The first-order valence-electron chi connectivity index (χ1n) is 5.65. The van der Waals surface area contributed by atoms with E-state index in [1.807, 2.05) is 19.1 Å². The molecule has 2 aromatic carbocycles. The van der Waals surface area contributed by atoms with Crippen LogP contribution in [-0.4, -0.2) is 0 Å². The molecule has 1 atom stereocenters. The lowest BCUT2D eigenvalue weighted by atomic mass is 10.1. The van der Waals surface area contributed by atoms with Crippen LogP contribution in [0.25, 0.3) is 0 Å². The summed E-state index contributed by atoms with van der Waals surface area (Å²) in [6, 6.07) is 9.82. The fourth-order valence-corrected chi connectivity index (χ4v) is 2.36. The molecule has 0 aromatic heterocycles. The molecule has 5 heteroatoms. The Kier molecular flexibility index (Phi) is 4.60. The Balaban J connectivity index is 2.40. The normalized spacial score (nSPS) is 12.3. The molecule has 0 spiro atoms. The SMILES string of the molecule is CC(N)c1cc(Br)ccc1Oc1cc(Br)ccc1F. The van der Waals surface area contributed by atoms with Crippen LogP contribution in [0.5, 0.6) is 11.5 Å². The van der Waals surface area contributed by atoms with Crippen LogP contribution in [0.15, 0.2) is 45.3 Å². The summed E-state index contributed by atoms with van der Waals surface area (Å²) >= 11 is 6.67. The van der Waals surface area contributed by atoms with E-state index in [-0.39, 0.29) is 11.8 Å². The second-order valence-corrected chi connectivity index (χ2v) is 5.98. The number of halogens is 3. The molecule has 0 bridgehead atoms. The van der Waals surface area contributed by atoms with Crippen LogP contribution in [0.2, 0.25) is 0 Å². The van der Waals surface area contributed by atoms with Gasteiger partial charge in [-0.2, -0.15) is 0 Å². The Labute approximate surface area is 128 Å². The minimum absolute atomic E-state index is 0.165. The standard InChI is InChI=1S/C14H12Br2FNO/c1-8(18)11-6-9(15)3-5-13(11)19-14-7-10(16)2-4-12(14)17/h2-8H,18H2,1H3. The summed E-state index contributed by atoms with van der Waals surface area (Å²) in [7, 11) is 0. The monoisotopic (exact) mass is 387 g/mol. The van der Waals surface area contributed by atoms with Crippen LogP contribution in [0, 0.1) is 5.82 Å². The molecule has 0 fully saturated rings. The van der Waals surface area contributed by atoms with Crippen molar-refractivity contribution < 1.29 is 9.13 Å². The van der Waals surface area contributed by atoms with E-state index in [9.17, 15) is 4.39 Å². The molecule has 0 amide bonds. The fraction of sp³-hybridized carbons (Fsp3) is 0.143. The molecule has 2 nitrogen and oxygen atoms in total. The van der Waals surface area contributed by atoms with Crippen LogP contribution in [0.1, 0.15) is 18.5 Å². The third kappa shape index (κ3) is 3.55. The van der Waals surface area contributed by atoms with Gasteiger partial charge in [-0.15, -0.1) is 0 Å². The first-order valence-corrected chi connectivity index (χ1v) is 7.24. The molecule has 19 heavy (non-hydrogen) atoms. The van der Waals surface area contributed by atoms with Crippen LogP contribution in [-0.2, 0) is 0 Å². The molecule has 100 valence electrons. The summed E-state index contributed by atoms with van der Waals surface area (Å²) in [4.78, 5) is 0. The van der Waals surface area contributed by atoms with Crippen LogP contribution >= 0.6 is 31.9 Å². The summed E-state index contributed by atoms with van der Waals surface area (Å²) in [5.41, 5.74) is 6.71. The smallest absolute Gasteiger partial charge is 0.165 e. The molecule has 0 aliphatic rings. The van der Waals surface area contributed by atoms with Gasteiger partial charge in [0.1, 0.15) is 5.75 Å². The maximum Gasteiger partial charge on any atom is 0.165 e. The van der Waals surface area contributed by atoms with Gasteiger partial charge in [0.25, 0.3) is 0 Å². The quantitative estimate of drug-likeness (QED) is 0.787. The zero-order valence-corrected chi connectivity index (χ0v) is 13.3. The average Bonchev–Trinajstić information content (AvgIpc) is 2.35. The van der Waals surface area contributed by atoms with Crippen LogP contribution < -0.4 is 10.5 Å². The molecule has 2 N–H and O–H groups in total. The van der Waals surface area contributed by atoms with Crippen molar-refractivity contribution in [1.29, 1.82) is 0 Å².